The highest BCUT2D eigenvalue weighted by Gasteiger charge is 2.14. The van der Waals surface area contributed by atoms with Crippen LogP contribution < -0.4 is 11.1 Å². The zero-order chi connectivity index (χ0) is 11.3. The third kappa shape index (κ3) is 3.63. The molecule has 4 nitrogen and oxygen atoms in total. The van der Waals surface area contributed by atoms with Crippen LogP contribution in [-0.2, 0) is 11.3 Å². The molecule has 0 fully saturated rings. The van der Waals surface area contributed by atoms with Crippen LogP contribution in [0, 0.1) is 5.92 Å². The maximum Gasteiger partial charge on any atom is 0.229 e. The van der Waals surface area contributed by atoms with Crippen LogP contribution in [0.4, 0.5) is 0 Å². The van der Waals surface area contributed by atoms with Crippen LogP contribution in [0.5, 0.6) is 0 Å². The lowest BCUT2D eigenvalue weighted by Crippen LogP contribution is -2.35. The molecule has 80 valence electrons. The van der Waals surface area contributed by atoms with Crippen LogP contribution in [0.1, 0.15) is 12.5 Å². The predicted molar refractivity (Wildman–Crippen MR) is 62.0 cm³/mol. The van der Waals surface area contributed by atoms with E-state index in [-0.39, 0.29) is 10.9 Å². The molecule has 15 heavy (non-hydrogen) atoms. The number of nitrogens with two attached hydrogens (primary N) is 1. The van der Waals surface area contributed by atoms with Gasteiger partial charge in [0.2, 0.25) is 5.91 Å². The Labute approximate surface area is 93.9 Å². The monoisotopic (exact) mass is 223 g/mol. The quantitative estimate of drug-likeness (QED) is 0.734. The van der Waals surface area contributed by atoms with Gasteiger partial charge in [-0.2, -0.15) is 0 Å². The van der Waals surface area contributed by atoms with Crippen molar-refractivity contribution in [1.29, 1.82) is 0 Å². The fourth-order valence-corrected chi connectivity index (χ4v) is 1.08. The number of pyridine rings is 1. The smallest absolute Gasteiger partial charge is 0.229 e. The molecular weight excluding hydrogens is 210 g/mol. The molecule has 0 aliphatic rings. The van der Waals surface area contributed by atoms with Crippen LogP contribution in [0.25, 0.3) is 0 Å². The largest absolute Gasteiger partial charge is 0.393 e. The maximum atomic E-state index is 11.5. The summed E-state index contributed by atoms with van der Waals surface area (Å²) in [6.07, 6.45) is 3.38. The van der Waals surface area contributed by atoms with Gasteiger partial charge in [-0.1, -0.05) is 18.3 Å². The van der Waals surface area contributed by atoms with E-state index in [1.165, 1.54) is 0 Å². The van der Waals surface area contributed by atoms with E-state index in [1.54, 1.807) is 19.3 Å². The topological polar surface area (TPSA) is 68.0 Å². The highest BCUT2D eigenvalue weighted by molar-refractivity contribution is 7.80. The minimum Gasteiger partial charge on any atom is -0.393 e. The standard InChI is InChI=1S/C10H13N3OS/c1-7(9(11)15)10(14)13-6-8-3-2-4-12-5-8/h2-5,7H,6H2,1H3,(H2,11,15)(H,13,14). The van der Waals surface area contributed by atoms with Crippen molar-refractivity contribution < 1.29 is 4.79 Å². The van der Waals surface area contributed by atoms with Crippen LogP contribution in [-0.4, -0.2) is 15.9 Å². The molecule has 0 spiro atoms. The lowest BCUT2D eigenvalue weighted by molar-refractivity contribution is -0.122. The molecule has 1 unspecified atom stereocenters. The van der Waals surface area contributed by atoms with Crippen molar-refractivity contribution in [2.24, 2.45) is 11.7 Å². The lowest BCUT2D eigenvalue weighted by atomic mass is 10.1. The molecule has 1 rings (SSSR count). The second-order valence-electron chi connectivity index (χ2n) is 3.20. The number of nitrogens with zero attached hydrogens (tertiary/aromatic N) is 1. The number of carbonyl (C=O) groups excluding carboxylic acids is 1. The van der Waals surface area contributed by atoms with Gasteiger partial charge < -0.3 is 11.1 Å². The Hall–Kier alpha value is -1.49. The van der Waals surface area contributed by atoms with Crippen molar-refractivity contribution >= 4 is 23.1 Å². The van der Waals surface area contributed by atoms with E-state index < -0.39 is 5.92 Å². The van der Waals surface area contributed by atoms with Gasteiger partial charge >= 0.3 is 0 Å². The second-order valence-corrected chi connectivity index (χ2v) is 3.67. The van der Waals surface area contributed by atoms with Crippen molar-refractivity contribution in [2.45, 2.75) is 13.5 Å². The molecule has 0 saturated heterocycles. The molecular formula is C10H13N3OS. The summed E-state index contributed by atoms with van der Waals surface area (Å²) < 4.78 is 0. The Bertz CT molecular complexity index is 353. The summed E-state index contributed by atoms with van der Waals surface area (Å²) in [7, 11) is 0. The van der Waals surface area contributed by atoms with Crippen LogP contribution in [0.15, 0.2) is 24.5 Å². The fourth-order valence-electron chi connectivity index (χ4n) is 0.974. The first kappa shape index (κ1) is 11.6. The van der Waals surface area contributed by atoms with E-state index in [2.05, 4.69) is 10.3 Å². The molecule has 0 saturated carbocycles. The second kappa shape index (κ2) is 5.41. The molecule has 1 amide bonds. The first-order valence-electron chi connectivity index (χ1n) is 4.57. The average molecular weight is 223 g/mol. The average Bonchev–Trinajstić information content (AvgIpc) is 2.26. The minimum atomic E-state index is -0.434. The lowest BCUT2D eigenvalue weighted by Gasteiger charge is -2.10. The Morgan fingerprint density at radius 3 is 3.00 bits per heavy atom. The van der Waals surface area contributed by atoms with E-state index in [0.29, 0.717) is 6.54 Å². The fraction of sp³-hybridized carbons (Fsp3) is 0.300. The minimum absolute atomic E-state index is 0.161. The van der Waals surface area contributed by atoms with E-state index in [9.17, 15) is 4.79 Å². The molecule has 1 heterocycles. The van der Waals surface area contributed by atoms with Gasteiger partial charge in [-0.05, 0) is 18.6 Å². The number of rotatable bonds is 4. The summed E-state index contributed by atoms with van der Waals surface area (Å²) in [5.74, 6) is -0.594. The first-order valence-corrected chi connectivity index (χ1v) is 4.98. The molecule has 0 bridgehead atoms. The van der Waals surface area contributed by atoms with Gasteiger partial charge in [-0.25, -0.2) is 0 Å². The molecule has 0 radical (unpaired) electrons. The molecule has 5 heteroatoms. The van der Waals surface area contributed by atoms with Crippen LogP contribution >= 0.6 is 12.2 Å². The van der Waals surface area contributed by atoms with Gasteiger partial charge in [-0.15, -0.1) is 0 Å². The SMILES string of the molecule is CC(C(=O)NCc1cccnc1)C(N)=S. The van der Waals surface area contributed by atoms with Crippen molar-refractivity contribution in [3.05, 3.63) is 30.1 Å². The summed E-state index contributed by atoms with van der Waals surface area (Å²) in [4.78, 5) is 15.6. The number of carbonyl (C=O) groups is 1. The Morgan fingerprint density at radius 1 is 1.73 bits per heavy atom. The molecule has 1 atom stereocenters. The Morgan fingerprint density at radius 2 is 2.47 bits per heavy atom. The van der Waals surface area contributed by atoms with Crippen molar-refractivity contribution in [1.82, 2.24) is 10.3 Å². The third-order valence-electron chi connectivity index (χ3n) is 2.01. The molecule has 3 N–H and O–H groups in total. The number of hydrogen-bond acceptors (Lipinski definition) is 3. The van der Waals surface area contributed by atoms with E-state index in [1.807, 2.05) is 12.1 Å². The van der Waals surface area contributed by atoms with Gasteiger partial charge in [-0.3, -0.25) is 9.78 Å². The number of amides is 1. The van der Waals surface area contributed by atoms with Crippen molar-refractivity contribution in [3.63, 3.8) is 0 Å². The molecule has 1 aromatic heterocycles. The third-order valence-corrected chi connectivity index (χ3v) is 2.36. The predicted octanol–water partition coefficient (Wildman–Crippen LogP) is 0.620. The number of aromatic nitrogens is 1. The summed E-state index contributed by atoms with van der Waals surface area (Å²) in [5.41, 5.74) is 6.31. The van der Waals surface area contributed by atoms with E-state index in [4.69, 9.17) is 18.0 Å². The first-order chi connectivity index (χ1) is 7.11. The van der Waals surface area contributed by atoms with Gasteiger partial charge in [0, 0.05) is 18.9 Å². The molecule has 0 aliphatic heterocycles. The number of nitrogens with one attached hydrogen (secondary N) is 1. The van der Waals surface area contributed by atoms with Crippen LogP contribution in [0.3, 0.4) is 0 Å². The zero-order valence-corrected chi connectivity index (χ0v) is 9.25. The molecule has 0 aliphatic carbocycles. The maximum absolute atomic E-state index is 11.5. The van der Waals surface area contributed by atoms with Crippen molar-refractivity contribution in [2.75, 3.05) is 0 Å². The summed E-state index contributed by atoms with van der Waals surface area (Å²) in [6, 6.07) is 3.71. The Balaban J connectivity index is 2.44. The van der Waals surface area contributed by atoms with Gasteiger partial charge in [0.05, 0.1) is 10.9 Å². The highest BCUT2D eigenvalue weighted by Crippen LogP contribution is 1.98. The Kier molecular flexibility index (Phi) is 4.17. The summed E-state index contributed by atoms with van der Waals surface area (Å²) >= 11 is 4.73. The summed E-state index contributed by atoms with van der Waals surface area (Å²) in [5, 5.41) is 2.73. The van der Waals surface area contributed by atoms with E-state index >= 15 is 0 Å². The van der Waals surface area contributed by atoms with Gasteiger partial charge in [0.25, 0.3) is 0 Å². The van der Waals surface area contributed by atoms with Gasteiger partial charge in [0.15, 0.2) is 0 Å². The van der Waals surface area contributed by atoms with E-state index in [0.717, 1.165) is 5.56 Å². The van der Waals surface area contributed by atoms with Gasteiger partial charge in [0.1, 0.15) is 0 Å². The molecule has 0 aromatic carbocycles. The van der Waals surface area contributed by atoms with Crippen LogP contribution in [0.2, 0.25) is 0 Å². The number of thiocarbonyl (C=S) groups is 1. The van der Waals surface area contributed by atoms with Crippen molar-refractivity contribution in [3.8, 4) is 0 Å². The highest BCUT2D eigenvalue weighted by atomic mass is 32.1. The number of hydrogen-bond donors (Lipinski definition) is 2. The summed E-state index contributed by atoms with van der Waals surface area (Å²) in [6.45, 7) is 2.13. The molecule has 1 aromatic rings. The zero-order valence-electron chi connectivity index (χ0n) is 8.43. The normalized spacial score (nSPS) is 11.8.